The summed E-state index contributed by atoms with van der Waals surface area (Å²) in [6, 6.07) is 3.87. The first-order chi connectivity index (χ1) is 9.95. The van der Waals surface area contributed by atoms with Crippen LogP contribution in [0.4, 0.5) is 14.5 Å². The molecule has 21 heavy (non-hydrogen) atoms. The van der Waals surface area contributed by atoms with E-state index in [4.69, 9.17) is 0 Å². The van der Waals surface area contributed by atoms with Crippen molar-refractivity contribution in [1.82, 2.24) is 9.88 Å². The SMILES string of the molecule is CCN(CC)Cc1nc(Br)ccc1N1CCC(F)(F)CC1. The third-order valence-electron chi connectivity index (χ3n) is 4.02. The Morgan fingerprint density at radius 3 is 2.43 bits per heavy atom. The molecule has 118 valence electrons. The molecule has 0 bridgehead atoms. The Labute approximate surface area is 133 Å². The Morgan fingerprint density at radius 1 is 1.24 bits per heavy atom. The molecule has 0 amide bonds. The van der Waals surface area contributed by atoms with Crippen LogP contribution in [0.1, 0.15) is 32.4 Å². The van der Waals surface area contributed by atoms with E-state index in [2.05, 4.69) is 39.7 Å². The average Bonchev–Trinajstić information content (AvgIpc) is 2.45. The van der Waals surface area contributed by atoms with Crippen molar-refractivity contribution < 1.29 is 8.78 Å². The highest BCUT2D eigenvalue weighted by atomic mass is 79.9. The molecule has 0 radical (unpaired) electrons. The second-order valence-corrected chi connectivity index (χ2v) is 6.22. The maximum absolute atomic E-state index is 13.3. The number of pyridine rings is 1. The predicted molar refractivity (Wildman–Crippen MR) is 85.0 cm³/mol. The van der Waals surface area contributed by atoms with Gasteiger partial charge in [0.05, 0.1) is 11.4 Å². The van der Waals surface area contributed by atoms with Crippen molar-refractivity contribution in [2.75, 3.05) is 31.1 Å². The van der Waals surface area contributed by atoms with Crippen molar-refractivity contribution in [2.24, 2.45) is 0 Å². The number of aromatic nitrogens is 1. The molecule has 0 saturated carbocycles. The van der Waals surface area contributed by atoms with Gasteiger partial charge in [0.15, 0.2) is 0 Å². The molecular weight excluding hydrogens is 340 g/mol. The van der Waals surface area contributed by atoms with Gasteiger partial charge in [-0.05, 0) is 41.2 Å². The maximum atomic E-state index is 13.3. The summed E-state index contributed by atoms with van der Waals surface area (Å²) in [6.45, 7) is 7.65. The van der Waals surface area contributed by atoms with E-state index in [0.29, 0.717) is 13.1 Å². The van der Waals surface area contributed by atoms with Crippen LogP contribution >= 0.6 is 15.9 Å². The van der Waals surface area contributed by atoms with Crippen LogP contribution in [0.3, 0.4) is 0 Å². The van der Waals surface area contributed by atoms with Gasteiger partial charge in [0.2, 0.25) is 0 Å². The Kier molecular flexibility index (Phi) is 5.54. The molecule has 1 aromatic rings. The largest absolute Gasteiger partial charge is 0.370 e. The summed E-state index contributed by atoms with van der Waals surface area (Å²) < 4.78 is 27.4. The molecule has 0 N–H and O–H groups in total. The number of alkyl halides is 2. The van der Waals surface area contributed by atoms with Crippen molar-refractivity contribution in [3.8, 4) is 0 Å². The zero-order valence-corrected chi connectivity index (χ0v) is 14.2. The zero-order chi connectivity index (χ0) is 15.5. The first-order valence-electron chi connectivity index (χ1n) is 7.45. The van der Waals surface area contributed by atoms with Crippen LogP contribution in [0.25, 0.3) is 0 Å². The minimum Gasteiger partial charge on any atom is -0.370 e. The van der Waals surface area contributed by atoms with Crippen molar-refractivity contribution in [1.29, 1.82) is 0 Å². The summed E-state index contributed by atoms with van der Waals surface area (Å²) in [4.78, 5) is 8.88. The molecule has 0 aromatic carbocycles. The number of anilines is 1. The van der Waals surface area contributed by atoms with Crippen LogP contribution in [0.2, 0.25) is 0 Å². The molecule has 0 atom stereocenters. The number of nitrogens with zero attached hydrogens (tertiary/aromatic N) is 3. The lowest BCUT2D eigenvalue weighted by Crippen LogP contribution is -2.40. The normalized spacial score (nSPS) is 18.3. The van der Waals surface area contributed by atoms with Gasteiger partial charge >= 0.3 is 0 Å². The van der Waals surface area contributed by atoms with Gasteiger partial charge in [-0.25, -0.2) is 13.8 Å². The predicted octanol–water partition coefficient (Wildman–Crippen LogP) is 3.92. The summed E-state index contributed by atoms with van der Waals surface area (Å²) in [6.07, 6.45) is -0.151. The van der Waals surface area contributed by atoms with E-state index in [1.165, 1.54) is 0 Å². The number of halogens is 3. The summed E-state index contributed by atoms with van der Waals surface area (Å²) >= 11 is 3.40. The average molecular weight is 362 g/mol. The molecule has 6 heteroatoms. The minimum atomic E-state index is -2.52. The molecule has 1 aliphatic heterocycles. The third kappa shape index (κ3) is 4.36. The Bertz CT molecular complexity index is 468. The lowest BCUT2D eigenvalue weighted by atomic mass is 10.1. The molecule has 1 saturated heterocycles. The van der Waals surface area contributed by atoms with Crippen molar-refractivity contribution in [2.45, 2.75) is 39.2 Å². The highest BCUT2D eigenvalue weighted by molar-refractivity contribution is 9.10. The molecule has 2 heterocycles. The number of hydrogen-bond acceptors (Lipinski definition) is 3. The molecule has 0 unspecified atom stereocenters. The smallest absolute Gasteiger partial charge is 0.251 e. The van der Waals surface area contributed by atoms with Gasteiger partial charge < -0.3 is 4.90 Å². The Hall–Kier alpha value is -0.750. The molecule has 1 aliphatic rings. The van der Waals surface area contributed by atoms with Gasteiger partial charge in [-0.3, -0.25) is 4.90 Å². The summed E-state index contributed by atoms with van der Waals surface area (Å²) in [5, 5.41) is 0. The lowest BCUT2D eigenvalue weighted by Gasteiger charge is -2.34. The lowest BCUT2D eigenvalue weighted by molar-refractivity contribution is -0.0221. The molecule has 1 aromatic heterocycles. The van der Waals surface area contributed by atoms with Crippen LogP contribution < -0.4 is 4.90 Å². The molecule has 2 rings (SSSR count). The quantitative estimate of drug-likeness (QED) is 0.740. The van der Waals surface area contributed by atoms with E-state index in [0.717, 1.165) is 35.6 Å². The summed E-state index contributed by atoms with van der Waals surface area (Å²) in [7, 11) is 0. The molecule has 1 fully saturated rings. The monoisotopic (exact) mass is 361 g/mol. The zero-order valence-electron chi connectivity index (χ0n) is 12.6. The van der Waals surface area contributed by atoms with Crippen molar-refractivity contribution >= 4 is 21.6 Å². The highest BCUT2D eigenvalue weighted by Gasteiger charge is 2.34. The van der Waals surface area contributed by atoms with E-state index in [-0.39, 0.29) is 12.8 Å². The van der Waals surface area contributed by atoms with Crippen molar-refractivity contribution in [3.05, 3.63) is 22.4 Å². The van der Waals surface area contributed by atoms with E-state index in [1.807, 2.05) is 17.0 Å². The minimum absolute atomic E-state index is 0.0756. The van der Waals surface area contributed by atoms with Crippen LogP contribution in [0, 0.1) is 0 Å². The number of piperidine rings is 1. The molecule has 0 spiro atoms. The fourth-order valence-corrected chi connectivity index (χ4v) is 2.95. The van der Waals surface area contributed by atoms with Gasteiger partial charge in [0.1, 0.15) is 4.60 Å². The Morgan fingerprint density at radius 2 is 1.86 bits per heavy atom. The summed E-state index contributed by atoms with van der Waals surface area (Å²) in [5.74, 6) is -2.52. The molecule has 0 aliphatic carbocycles. The van der Waals surface area contributed by atoms with E-state index in [9.17, 15) is 8.78 Å². The third-order valence-corrected chi connectivity index (χ3v) is 4.46. The topological polar surface area (TPSA) is 19.4 Å². The second kappa shape index (κ2) is 7.01. The van der Waals surface area contributed by atoms with Gasteiger partial charge in [-0.15, -0.1) is 0 Å². The number of rotatable bonds is 5. The fourth-order valence-electron chi connectivity index (χ4n) is 2.61. The van der Waals surface area contributed by atoms with Crippen LogP contribution in [-0.2, 0) is 6.54 Å². The van der Waals surface area contributed by atoms with Gasteiger partial charge in [-0.2, -0.15) is 0 Å². The van der Waals surface area contributed by atoms with E-state index in [1.54, 1.807) is 0 Å². The fraction of sp³-hybridized carbons (Fsp3) is 0.667. The van der Waals surface area contributed by atoms with Crippen LogP contribution in [0.5, 0.6) is 0 Å². The Balaban J connectivity index is 2.19. The van der Waals surface area contributed by atoms with E-state index < -0.39 is 5.92 Å². The first-order valence-corrected chi connectivity index (χ1v) is 8.25. The van der Waals surface area contributed by atoms with Gasteiger partial charge in [0, 0.05) is 32.5 Å². The van der Waals surface area contributed by atoms with E-state index >= 15 is 0 Å². The van der Waals surface area contributed by atoms with Gasteiger partial charge in [-0.1, -0.05) is 13.8 Å². The molecule has 3 nitrogen and oxygen atoms in total. The second-order valence-electron chi connectivity index (χ2n) is 5.40. The maximum Gasteiger partial charge on any atom is 0.251 e. The first kappa shape index (κ1) is 16.6. The highest BCUT2D eigenvalue weighted by Crippen LogP contribution is 2.32. The number of hydrogen-bond donors (Lipinski definition) is 0. The van der Waals surface area contributed by atoms with Crippen LogP contribution in [0.15, 0.2) is 16.7 Å². The molecular formula is C15H22BrF2N3. The van der Waals surface area contributed by atoms with Crippen LogP contribution in [-0.4, -0.2) is 42.0 Å². The van der Waals surface area contributed by atoms with Crippen molar-refractivity contribution in [3.63, 3.8) is 0 Å². The van der Waals surface area contributed by atoms with Gasteiger partial charge in [0.25, 0.3) is 5.92 Å². The summed E-state index contributed by atoms with van der Waals surface area (Å²) in [5.41, 5.74) is 1.94. The standard InChI is InChI=1S/C15H22BrF2N3/c1-3-20(4-2)11-12-13(5-6-14(16)19-12)21-9-7-15(17,18)8-10-21/h5-6H,3-4,7-11H2,1-2H3.